The molecule has 0 saturated carbocycles. The van der Waals surface area contributed by atoms with Crippen LogP contribution in [0.15, 0.2) is 36.4 Å². The van der Waals surface area contributed by atoms with Crippen molar-refractivity contribution in [1.29, 1.82) is 0 Å². The average Bonchev–Trinajstić information content (AvgIpc) is 2.34. The van der Waals surface area contributed by atoms with Crippen molar-refractivity contribution in [3.05, 3.63) is 63.6 Å². The first-order chi connectivity index (χ1) is 8.99. The van der Waals surface area contributed by atoms with Crippen LogP contribution in [0.3, 0.4) is 0 Å². The minimum absolute atomic E-state index is 0.0439. The van der Waals surface area contributed by atoms with Gasteiger partial charge in [-0.2, -0.15) is 0 Å². The van der Waals surface area contributed by atoms with E-state index in [9.17, 15) is 13.6 Å². The molecule has 0 spiro atoms. The highest BCUT2D eigenvalue weighted by atomic mass is 35.5. The molecule has 1 amide bonds. The first kappa shape index (κ1) is 13.8. The Hall–Kier alpha value is -1.65. The molecule has 0 unspecified atom stereocenters. The molecule has 0 atom stereocenters. The molecule has 0 fully saturated rings. The van der Waals surface area contributed by atoms with E-state index in [1.165, 1.54) is 24.3 Å². The van der Waals surface area contributed by atoms with Crippen LogP contribution in [0.1, 0.15) is 10.4 Å². The number of halogens is 4. The molecule has 2 aromatic rings. The number of carbonyl (C=O) groups is 1. The van der Waals surface area contributed by atoms with E-state index in [1.54, 1.807) is 0 Å². The molecule has 0 aliphatic heterocycles. The second-order valence-corrected chi connectivity index (χ2v) is 4.49. The number of hydrogen-bond donors (Lipinski definition) is 1. The molecule has 0 radical (unpaired) electrons. The lowest BCUT2D eigenvalue weighted by Gasteiger charge is -2.08. The number of hydrogen-bond acceptors (Lipinski definition) is 1. The topological polar surface area (TPSA) is 29.1 Å². The smallest absolute Gasteiger partial charge is 0.257 e. The van der Waals surface area contributed by atoms with Crippen LogP contribution >= 0.6 is 23.2 Å². The molecule has 1 N–H and O–H groups in total. The van der Waals surface area contributed by atoms with Crippen LogP contribution in [0.5, 0.6) is 0 Å². The number of amides is 1. The van der Waals surface area contributed by atoms with Crippen LogP contribution in [0.4, 0.5) is 14.5 Å². The first-order valence-electron chi connectivity index (χ1n) is 5.19. The van der Waals surface area contributed by atoms with Crippen LogP contribution in [0.2, 0.25) is 10.0 Å². The molecule has 0 saturated heterocycles. The molecule has 19 heavy (non-hydrogen) atoms. The summed E-state index contributed by atoms with van der Waals surface area (Å²) in [5.74, 6) is -1.95. The molecule has 2 nitrogen and oxygen atoms in total. The van der Waals surface area contributed by atoms with E-state index < -0.39 is 17.5 Å². The third-order valence-electron chi connectivity index (χ3n) is 2.38. The second kappa shape index (κ2) is 5.55. The Labute approximate surface area is 118 Å². The van der Waals surface area contributed by atoms with Crippen molar-refractivity contribution in [2.24, 2.45) is 0 Å². The molecular weight excluding hydrogens is 295 g/mol. The van der Waals surface area contributed by atoms with Gasteiger partial charge in [0.1, 0.15) is 5.82 Å². The first-order valence-corrected chi connectivity index (χ1v) is 5.95. The zero-order valence-corrected chi connectivity index (χ0v) is 10.9. The van der Waals surface area contributed by atoms with Crippen molar-refractivity contribution in [3.63, 3.8) is 0 Å². The quantitative estimate of drug-likeness (QED) is 0.868. The van der Waals surface area contributed by atoms with Crippen LogP contribution in [0, 0.1) is 11.6 Å². The molecule has 2 aromatic carbocycles. The molecule has 0 aromatic heterocycles. The maximum absolute atomic E-state index is 13.6. The summed E-state index contributed by atoms with van der Waals surface area (Å²) >= 11 is 11.3. The van der Waals surface area contributed by atoms with Gasteiger partial charge in [-0.05, 0) is 30.3 Å². The van der Waals surface area contributed by atoms with Gasteiger partial charge in [-0.3, -0.25) is 4.79 Å². The fourth-order valence-electron chi connectivity index (χ4n) is 1.46. The normalized spacial score (nSPS) is 10.3. The lowest BCUT2D eigenvalue weighted by atomic mass is 10.2. The van der Waals surface area contributed by atoms with E-state index in [4.69, 9.17) is 23.2 Å². The monoisotopic (exact) mass is 301 g/mol. The Balaban J connectivity index is 2.28. The van der Waals surface area contributed by atoms with Gasteiger partial charge in [0.15, 0.2) is 5.82 Å². The Morgan fingerprint density at radius 2 is 1.79 bits per heavy atom. The second-order valence-electron chi connectivity index (χ2n) is 3.68. The van der Waals surface area contributed by atoms with Crippen molar-refractivity contribution in [1.82, 2.24) is 0 Å². The highest BCUT2D eigenvalue weighted by Crippen LogP contribution is 2.24. The largest absolute Gasteiger partial charge is 0.319 e. The highest BCUT2D eigenvalue weighted by Gasteiger charge is 2.14. The van der Waals surface area contributed by atoms with Gasteiger partial charge in [0.25, 0.3) is 5.91 Å². The van der Waals surface area contributed by atoms with Crippen LogP contribution in [0.25, 0.3) is 0 Å². The van der Waals surface area contributed by atoms with Gasteiger partial charge in [-0.1, -0.05) is 29.3 Å². The van der Waals surface area contributed by atoms with Crippen molar-refractivity contribution in [2.45, 2.75) is 0 Å². The molecule has 0 aliphatic carbocycles. The van der Waals surface area contributed by atoms with E-state index in [2.05, 4.69) is 5.32 Å². The Kier molecular flexibility index (Phi) is 4.02. The van der Waals surface area contributed by atoms with Crippen molar-refractivity contribution in [3.8, 4) is 0 Å². The lowest BCUT2D eigenvalue weighted by molar-refractivity contribution is 0.102. The molecule has 0 bridgehead atoms. The van der Waals surface area contributed by atoms with Gasteiger partial charge >= 0.3 is 0 Å². The van der Waals surface area contributed by atoms with Crippen molar-refractivity contribution < 1.29 is 13.6 Å². The minimum Gasteiger partial charge on any atom is -0.319 e. The summed E-state index contributed by atoms with van der Waals surface area (Å²) in [7, 11) is 0. The maximum atomic E-state index is 13.6. The van der Waals surface area contributed by atoms with Crippen LogP contribution in [-0.4, -0.2) is 5.91 Å². The number of rotatable bonds is 2. The molecule has 98 valence electrons. The maximum Gasteiger partial charge on any atom is 0.257 e. The van der Waals surface area contributed by atoms with Crippen molar-refractivity contribution in [2.75, 3.05) is 5.32 Å². The van der Waals surface area contributed by atoms with Gasteiger partial charge in [0.2, 0.25) is 0 Å². The summed E-state index contributed by atoms with van der Waals surface area (Å²) in [5.41, 5.74) is -0.0275. The predicted molar refractivity (Wildman–Crippen MR) is 70.8 cm³/mol. The summed E-state index contributed by atoms with van der Waals surface area (Å²) < 4.78 is 26.5. The summed E-state index contributed by atoms with van der Waals surface area (Å²) in [6.07, 6.45) is 0. The number of anilines is 1. The number of nitrogens with one attached hydrogen (secondary N) is 1. The van der Waals surface area contributed by atoms with Gasteiger partial charge in [-0.25, -0.2) is 8.78 Å². The summed E-state index contributed by atoms with van der Waals surface area (Å²) in [6, 6.07) is 7.52. The lowest BCUT2D eigenvalue weighted by Crippen LogP contribution is -2.13. The van der Waals surface area contributed by atoms with E-state index in [-0.39, 0.29) is 21.3 Å². The molecule has 0 aliphatic rings. The van der Waals surface area contributed by atoms with E-state index in [0.717, 1.165) is 12.1 Å². The zero-order valence-electron chi connectivity index (χ0n) is 9.38. The summed E-state index contributed by atoms with van der Waals surface area (Å²) in [4.78, 5) is 11.9. The van der Waals surface area contributed by atoms with Crippen LogP contribution < -0.4 is 5.32 Å². The standard InChI is InChI=1S/C13H7Cl2F2NO/c14-9-2-1-3-11(12(9)17)18-13(19)8-5-4-7(16)6-10(8)15/h1-6H,(H,18,19). The van der Waals surface area contributed by atoms with Gasteiger partial charge in [0, 0.05) is 0 Å². The zero-order chi connectivity index (χ0) is 14.0. The van der Waals surface area contributed by atoms with E-state index in [1.807, 2.05) is 0 Å². The fraction of sp³-hybridized carbons (Fsp3) is 0. The summed E-state index contributed by atoms with van der Waals surface area (Å²) in [6.45, 7) is 0. The molecule has 2 rings (SSSR count). The van der Waals surface area contributed by atoms with E-state index in [0.29, 0.717) is 0 Å². The molecule has 6 heteroatoms. The Morgan fingerprint density at radius 3 is 2.47 bits per heavy atom. The number of carbonyl (C=O) groups excluding carboxylic acids is 1. The van der Waals surface area contributed by atoms with E-state index >= 15 is 0 Å². The predicted octanol–water partition coefficient (Wildman–Crippen LogP) is 4.52. The van der Waals surface area contributed by atoms with Crippen LogP contribution in [-0.2, 0) is 0 Å². The average molecular weight is 302 g/mol. The third kappa shape index (κ3) is 3.03. The molecule has 0 heterocycles. The van der Waals surface area contributed by atoms with Crippen molar-refractivity contribution >= 4 is 34.8 Å². The highest BCUT2D eigenvalue weighted by molar-refractivity contribution is 6.34. The Bertz CT molecular complexity index is 647. The SMILES string of the molecule is O=C(Nc1cccc(Cl)c1F)c1ccc(F)cc1Cl. The Morgan fingerprint density at radius 1 is 1.05 bits per heavy atom. The third-order valence-corrected chi connectivity index (χ3v) is 2.98. The summed E-state index contributed by atoms with van der Waals surface area (Å²) in [5, 5.41) is 2.16. The fourth-order valence-corrected chi connectivity index (χ4v) is 1.89. The van der Waals surface area contributed by atoms with Gasteiger partial charge in [0.05, 0.1) is 21.3 Å². The minimum atomic E-state index is -0.740. The van der Waals surface area contributed by atoms with Gasteiger partial charge < -0.3 is 5.32 Å². The van der Waals surface area contributed by atoms with Gasteiger partial charge in [-0.15, -0.1) is 0 Å². The molecular formula is C13H7Cl2F2NO. The number of benzene rings is 2.